The molecule has 0 saturated carbocycles. The van der Waals surface area contributed by atoms with Crippen molar-refractivity contribution in [2.24, 2.45) is 11.7 Å². The first kappa shape index (κ1) is 22.6. The Kier molecular flexibility index (Phi) is 6.87. The zero-order chi connectivity index (χ0) is 20.5. The predicted octanol–water partition coefficient (Wildman–Crippen LogP) is 2.14. The number of benzene rings is 1. The van der Waals surface area contributed by atoms with Crippen LogP contribution in [0.4, 0.5) is 18.9 Å². The number of hydrogen-bond donors (Lipinski definition) is 2. The topological polar surface area (TPSA) is 108 Å². The fraction of sp³-hybridized carbons (Fsp3) is 0.444. The van der Waals surface area contributed by atoms with Gasteiger partial charge in [0.2, 0.25) is 5.91 Å². The van der Waals surface area contributed by atoms with Gasteiger partial charge in [0.05, 0.1) is 11.3 Å². The molecule has 1 saturated heterocycles. The van der Waals surface area contributed by atoms with Gasteiger partial charge in [0.1, 0.15) is 17.1 Å². The summed E-state index contributed by atoms with van der Waals surface area (Å²) in [5, 5.41) is 11.7. The highest BCUT2D eigenvalue weighted by Gasteiger charge is 2.43. The van der Waals surface area contributed by atoms with Gasteiger partial charge < -0.3 is 16.0 Å². The molecule has 2 aromatic rings. The molecule has 1 amide bonds. The molecule has 1 aromatic carbocycles. The van der Waals surface area contributed by atoms with Crippen LogP contribution in [-0.2, 0) is 4.79 Å². The summed E-state index contributed by atoms with van der Waals surface area (Å²) >= 11 is 0. The Labute approximate surface area is 171 Å². The van der Waals surface area contributed by atoms with E-state index >= 15 is 0 Å². The van der Waals surface area contributed by atoms with Crippen molar-refractivity contribution in [3.05, 3.63) is 30.1 Å². The van der Waals surface area contributed by atoms with Crippen LogP contribution in [0.2, 0.25) is 0 Å². The van der Waals surface area contributed by atoms with Gasteiger partial charge in [-0.3, -0.25) is 14.8 Å². The van der Waals surface area contributed by atoms with Gasteiger partial charge in [0.25, 0.3) is 0 Å². The van der Waals surface area contributed by atoms with E-state index in [1.54, 1.807) is 12.1 Å². The monoisotopic (exact) mass is 428 g/mol. The van der Waals surface area contributed by atoms with Gasteiger partial charge in [-0.25, -0.2) is 0 Å². The molecule has 2 heterocycles. The third kappa shape index (κ3) is 4.86. The van der Waals surface area contributed by atoms with Gasteiger partial charge in [-0.1, -0.05) is 6.92 Å². The van der Waals surface area contributed by atoms with Crippen LogP contribution in [0, 0.1) is 17.2 Å². The maximum Gasteiger partial charge on any atom is 0.412 e. The third-order valence-electron chi connectivity index (χ3n) is 4.71. The van der Waals surface area contributed by atoms with Gasteiger partial charge in [0.15, 0.2) is 6.04 Å². The van der Waals surface area contributed by atoms with Crippen LogP contribution in [-0.4, -0.2) is 47.2 Å². The second-order valence-corrected chi connectivity index (χ2v) is 6.97. The summed E-state index contributed by atoms with van der Waals surface area (Å²) in [5.41, 5.74) is 7.10. The average Bonchev–Trinajstić information content (AvgIpc) is 2.65. The van der Waals surface area contributed by atoms with E-state index in [2.05, 4.69) is 21.4 Å². The molecular formula is C18H20ClF3N6O. The van der Waals surface area contributed by atoms with Crippen LogP contribution in [0.15, 0.2) is 24.5 Å². The molecule has 1 aromatic heterocycles. The smallest absolute Gasteiger partial charge is 0.367 e. The lowest BCUT2D eigenvalue weighted by atomic mass is 9.94. The number of fused-ring (bicyclic) bond motifs is 1. The standard InChI is InChI=1S/C18H19F3N6O.ClH/c1-10-6-12(26-17(28)16(23)18(19,20)21)9-27(8-10)13-3-2-11(7-22)14-15(13)25-5-4-24-14;/h2-5,10,12,16H,6,8-9,23H2,1H3,(H,26,28);1H/t10-,12+,16+;/m0./s1. The normalized spacial score (nSPS) is 20.5. The number of nitriles is 1. The zero-order valence-electron chi connectivity index (χ0n) is 15.5. The molecule has 0 bridgehead atoms. The first-order valence-electron chi connectivity index (χ1n) is 8.72. The molecule has 11 heteroatoms. The number of carbonyl (C=O) groups is 1. The van der Waals surface area contributed by atoms with Crippen LogP contribution in [0.1, 0.15) is 18.9 Å². The quantitative estimate of drug-likeness (QED) is 0.775. The Balaban J connectivity index is 0.00000300. The summed E-state index contributed by atoms with van der Waals surface area (Å²) in [6.45, 7) is 2.89. The molecule has 0 radical (unpaired) electrons. The molecule has 3 N–H and O–H groups in total. The lowest BCUT2D eigenvalue weighted by molar-refractivity contribution is -0.163. The lowest BCUT2D eigenvalue weighted by Crippen LogP contribution is -2.57. The number of hydrogen-bond acceptors (Lipinski definition) is 6. The molecule has 1 fully saturated rings. The van der Waals surface area contributed by atoms with Crippen LogP contribution < -0.4 is 16.0 Å². The number of rotatable bonds is 3. The van der Waals surface area contributed by atoms with Gasteiger partial charge >= 0.3 is 6.18 Å². The molecule has 156 valence electrons. The van der Waals surface area contributed by atoms with Crippen molar-refractivity contribution < 1.29 is 18.0 Å². The second kappa shape index (κ2) is 8.80. The minimum atomic E-state index is -4.79. The van der Waals surface area contributed by atoms with Crippen molar-refractivity contribution in [1.82, 2.24) is 15.3 Å². The summed E-state index contributed by atoms with van der Waals surface area (Å²) in [6, 6.07) is 2.40. The van der Waals surface area contributed by atoms with Crippen LogP contribution in [0.3, 0.4) is 0 Å². The van der Waals surface area contributed by atoms with Gasteiger partial charge in [-0.05, 0) is 24.5 Å². The summed E-state index contributed by atoms with van der Waals surface area (Å²) in [7, 11) is 0. The number of alkyl halides is 3. The maximum atomic E-state index is 12.7. The molecular weight excluding hydrogens is 409 g/mol. The highest BCUT2D eigenvalue weighted by Crippen LogP contribution is 2.30. The van der Waals surface area contributed by atoms with E-state index in [-0.39, 0.29) is 18.3 Å². The number of nitrogens with zero attached hydrogens (tertiary/aromatic N) is 4. The number of piperidine rings is 1. The highest BCUT2D eigenvalue weighted by atomic mass is 35.5. The lowest BCUT2D eigenvalue weighted by Gasteiger charge is -2.38. The van der Waals surface area contributed by atoms with Crippen LogP contribution in [0.5, 0.6) is 0 Å². The van der Waals surface area contributed by atoms with Crippen molar-refractivity contribution in [1.29, 1.82) is 5.26 Å². The Morgan fingerprint density at radius 3 is 2.59 bits per heavy atom. The first-order chi connectivity index (χ1) is 13.2. The van der Waals surface area contributed by atoms with Crippen molar-refractivity contribution in [3.8, 4) is 6.07 Å². The number of anilines is 1. The Bertz CT molecular complexity index is 932. The second-order valence-electron chi connectivity index (χ2n) is 6.97. The van der Waals surface area contributed by atoms with Crippen LogP contribution in [0.25, 0.3) is 11.0 Å². The number of nitrogens with two attached hydrogens (primary N) is 1. The van der Waals surface area contributed by atoms with Crippen molar-refractivity contribution >= 4 is 35.0 Å². The Morgan fingerprint density at radius 1 is 1.31 bits per heavy atom. The van der Waals surface area contributed by atoms with E-state index < -0.39 is 24.2 Å². The summed E-state index contributed by atoms with van der Waals surface area (Å²) in [5.74, 6) is -1.13. The van der Waals surface area contributed by atoms with Crippen LogP contribution >= 0.6 is 12.4 Å². The minimum Gasteiger partial charge on any atom is -0.367 e. The van der Waals surface area contributed by atoms with Crippen molar-refractivity contribution in [3.63, 3.8) is 0 Å². The zero-order valence-corrected chi connectivity index (χ0v) is 16.3. The number of aromatic nitrogens is 2. The molecule has 29 heavy (non-hydrogen) atoms. The van der Waals surface area contributed by atoms with E-state index in [0.29, 0.717) is 41.8 Å². The molecule has 1 aliphatic rings. The third-order valence-corrected chi connectivity index (χ3v) is 4.71. The molecule has 1 aliphatic heterocycles. The fourth-order valence-electron chi connectivity index (χ4n) is 3.48. The van der Waals surface area contributed by atoms with Crippen molar-refractivity contribution in [2.75, 3.05) is 18.0 Å². The SMILES string of the molecule is C[C@H]1C[C@@H](NC(=O)[C@@H](N)C(F)(F)F)CN(c2ccc(C#N)c3nccnc23)C1.Cl. The van der Waals surface area contributed by atoms with Gasteiger partial charge in [-0.2, -0.15) is 18.4 Å². The van der Waals surface area contributed by atoms with E-state index in [9.17, 15) is 23.2 Å². The average molecular weight is 429 g/mol. The van der Waals surface area contributed by atoms with E-state index in [0.717, 1.165) is 0 Å². The molecule has 0 aliphatic carbocycles. The Morgan fingerprint density at radius 2 is 1.97 bits per heavy atom. The number of amides is 1. The molecule has 3 atom stereocenters. The summed E-state index contributed by atoms with van der Waals surface area (Å²) in [4.78, 5) is 22.4. The Hall–Kier alpha value is -2.64. The largest absolute Gasteiger partial charge is 0.412 e. The highest BCUT2D eigenvalue weighted by molar-refractivity contribution is 5.92. The minimum absolute atomic E-state index is 0. The number of nitrogens with one attached hydrogen (secondary N) is 1. The van der Waals surface area contributed by atoms with Crippen molar-refractivity contribution in [2.45, 2.75) is 31.6 Å². The molecule has 0 unspecified atom stereocenters. The number of carbonyl (C=O) groups excluding carboxylic acids is 1. The molecule has 7 nitrogen and oxygen atoms in total. The van der Waals surface area contributed by atoms with Gasteiger partial charge in [-0.15, -0.1) is 12.4 Å². The predicted molar refractivity (Wildman–Crippen MR) is 103 cm³/mol. The van der Waals surface area contributed by atoms with Gasteiger partial charge in [0, 0.05) is 31.5 Å². The summed E-state index contributed by atoms with van der Waals surface area (Å²) < 4.78 is 38.0. The maximum absolute atomic E-state index is 12.7. The first-order valence-corrected chi connectivity index (χ1v) is 8.72. The number of halogens is 4. The fourth-order valence-corrected chi connectivity index (χ4v) is 3.48. The molecule has 0 spiro atoms. The van der Waals surface area contributed by atoms with E-state index in [1.165, 1.54) is 12.4 Å². The molecule has 3 rings (SSSR count). The summed E-state index contributed by atoms with van der Waals surface area (Å²) in [6.07, 6.45) is -1.25. The van der Waals surface area contributed by atoms with E-state index in [1.807, 2.05) is 11.8 Å². The van der Waals surface area contributed by atoms with E-state index in [4.69, 9.17) is 5.73 Å².